The van der Waals surface area contributed by atoms with Crippen LogP contribution in [0.15, 0.2) is 48.5 Å². The summed E-state index contributed by atoms with van der Waals surface area (Å²) in [6, 6.07) is 15.8. The van der Waals surface area contributed by atoms with E-state index < -0.39 is 0 Å². The summed E-state index contributed by atoms with van der Waals surface area (Å²) in [7, 11) is 3.29. The SMILES string of the molecule is CCC(=O)N[C@@H]1c2ccccc2C2(CCN(C(=O)Cc3ccccc3OC)CC2)[C@H]1OCCOC. The van der Waals surface area contributed by atoms with Crippen molar-refractivity contribution >= 4 is 11.8 Å². The zero-order valence-corrected chi connectivity index (χ0v) is 20.9. The zero-order valence-electron chi connectivity index (χ0n) is 20.9. The van der Waals surface area contributed by atoms with E-state index in [0.717, 1.165) is 29.7 Å². The third-order valence-electron chi connectivity index (χ3n) is 7.44. The molecule has 2 atom stereocenters. The van der Waals surface area contributed by atoms with E-state index >= 15 is 0 Å². The lowest BCUT2D eigenvalue weighted by atomic mass is 9.71. The number of hydrogen-bond donors (Lipinski definition) is 1. The fourth-order valence-corrected chi connectivity index (χ4v) is 5.63. The van der Waals surface area contributed by atoms with Crippen molar-refractivity contribution in [1.29, 1.82) is 0 Å². The molecule has 0 saturated carbocycles. The van der Waals surface area contributed by atoms with E-state index in [4.69, 9.17) is 14.2 Å². The van der Waals surface area contributed by atoms with Crippen molar-refractivity contribution in [3.05, 3.63) is 65.2 Å². The molecule has 2 aromatic rings. The van der Waals surface area contributed by atoms with E-state index in [2.05, 4.69) is 23.5 Å². The Balaban J connectivity index is 1.55. The lowest BCUT2D eigenvalue weighted by Gasteiger charge is -2.44. The van der Waals surface area contributed by atoms with Crippen LogP contribution >= 0.6 is 0 Å². The Hall–Kier alpha value is -2.90. The first-order valence-corrected chi connectivity index (χ1v) is 12.4. The largest absolute Gasteiger partial charge is 0.496 e. The summed E-state index contributed by atoms with van der Waals surface area (Å²) in [4.78, 5) is 27.6. The Morgan fingerprint density at radius 1 is 1.03 bits per heavy atom. The van der Waals surface area contributed by atoms with Gasteiger partial charge >= 0.3 is 0 Å². The molecule has 7 nitrogen and oxygen atoms in total. The number of carbonyl (C=O) groups is 2. The summed E-state index contributed by atoms with van der Waals surface area (Å²) in [5.41, 5.74) is 2.97. The van der Waals surface area contributed by atoms with Gasteiger partial charge in [-0.3, -0.25) is 9.59 Å². The van der Waals surface area contributed by atoms with Crippen molar-refractivity contribution < 1.29 is 23.8 Å². The van der Waals surface area contributed by atoms with Gasteiger partial charge in [0.25, 0.3) is 0 Å². The Kier molecular flexibility index (Phi) is 8.08. The average molecular weight is 481 g/mol. The zero-order chi connectivity index (χ0) is 24.8. The highest BCUT2D eigenvalue weighted by Gasteiger charge is 2.54. The molecule has 188 valence electrons. The summed E-state index contributed by atoms with van der Waals surface area (Å²) in [5, 5.41) is 3.21. The number of likely N-dealkylation sites (tertiary alicyclic amines) is 1. The molecule has 7 heteroatoms. The van der Waals surface area contributed by atoms with E-state index in [9.17, 15) is 9.59 Å². The van der Waals surface area contributed by atoms with Gasteiger partial charge in [-0.1, -0.05) is 49.4 Å². The molecule has 2 aromatic carbocycles. The van der Waals surface area contributed by atoms with E-state index in [-0.39, 0.29) is 29.4 Å². The number of rotatable bonds is 9. The molecule has 1 aliphatic heterocycles. The van der Waals surface area contributed by atoms with Crippen molar-refractivity contribution in [2.45, 2.75) is 50.2 Å². The molecule has 1 heterocycles. The second-order valence-electron chi connectivity index (χ2n) is 9.30. The number of methoxy groups -OCH3 is 2. The van der Waals surface area contributed by atoms with Gasteiger partial charge in [0.2, 0.25) is 11.8 Å². The first-order valence-electron chi connectivity index (χ1n) is 12.4. The molecule has 2 aliphatic rings. The third-order valence-corrected chi connectivity index (χ3v) is 7.44. The lowest BCUT2D eigenvalue weighted by molar-refractivity contribution is -0.133. The maximum Gasteiger partial charge on any atom is 0.227 e. The predicted octanol–water partition coefficient (Wildman–Crippen LogP) is 3.41. The highest BCUT2D eigenvalue weighted by atomic mass is 16.5. The molecule has 0 unspecified atom stereocenters. The molecule has 1 spiro atoms. The van der Waals surface area contributed by atoms with E-state index in [1.807, 2.05) is 42.2 Å². The topological polar surface area (TPSA) is 77.1 Å². The molecule has 1 saturated heterocycles. The quantitative estimate of drug-likeness (QED) is 0.557. The van der Waals surface area contributed by atoms with Crippen LogP contribution in [0.3, 0.4) is 0 Å². The van der Waals surface area contributed by atoms with E-state index in [1.165, 1.54) is 5.56 Å². The number of nitrogens with one attached hydrogen (secondary N) is 1. The number of fused-ring (bicyclic) bond motifs is 2. The van der Waals surface area contributed by atoms with Gasteiger partial charge in [-0.15, -0.1) is 0 Å². The third kappa shape index (κ3) is 5.07. The van der Waals surface area contributed by atoms with Crippen LogP contribution in [0.25, 0.3) is 0 Å². The second kappa shape index (κ2) is 11.2. The molecule has 4 rings (SSSR count). The molecule has 35 heavy (non-hydrogen) atoms. The van der Waals surface area contributed by atoms with Gasteiger partial charge in [0.05, 0.1) is 38.9 Å². The van der Waals surface area contributed by atoms with Gasteiger partial charge in [0.15, 0.2) is 0 Å². The van der Waals surface area contributed by atoms with Gasteiger partial charge < -0.3 is 24.4 Å². The van der Waals surface area contributed by atoms with Gasteiger partial charge in [0, 0.05) is 37.6 Å². The van der Waals surface area contributed by atoms with Crippen LogP contribution in [0.5, 0.6) is 5.75 Å². The standard InChI is InChI=1S/C28H36N2O5/c1-4-24(31)29-26-21-10-6-7-11-22(21)28(27(26)35-18-17-33-2)13-15-30(16-14-28)25(32)19-20-9-5-8-12-23(20)34-3/h5-12,26-27H,4,13-19H2,1-3H3,(H,29,31)/t26-,27+/m1/s1. The summed E-state index contributed by atoms with van der Waals surface area (Å²) in [6.45, 7) is 4.08. The molecule has 1 N–H and O–H groups in total. The summed E-state index contributed by atoms with van der Waals surface area (Å²) in [6.07, 6.45) is 2.07. The highest BCUT2D eigenvalue weighted by Crippen LogP contribution is 2.52. The number of para-hydroxylation sites is 1. The minimum Gasteiger partial charge on any atom is -0.496 e. The number of piperidine rings is 1. The normalized spacial score (nSPS) is 20.5. The number of amides is 2. The van der Waals surface area contributed by atoms with Crippen LogP contribution in [-0.4, -0.2) is 63.3 Å². The molecule has 0 bridgehead atoms. The second-order valence-corrected chi connectivity index (χ2v) is 9.30. The van der Waals surface area contributed by atoms with Crippen LogP contribution in [-0.2, 0) is 30.9 Å². The molecule has 1 aliphatic carbocycles. The van der Waals surface area contributed by atoms with Gasteiger partial charge in [-0.05, 0) is 30.0 Å². The maximum absolute atomic E-state index is 13.2. The van der Waals surface area contributed by atoms with Gasteiger partial charge in [-0.2, -0.15) is 0 Å². The highest BCUT2D eigenvalue weighted by molar-refractivity contribution is 5.80. The molecular formula is C28H36N2O5. The molecule has 0 aromatic heterocycles. The fraction of sp³-hybridized carbons (Fsp3) is 0.500. The van der Waals surface area contributed by atoms with Crippen molar-refractivity contribution in [2.75, 3.05) is 40.5 Å². The predicted molar refractivity (Wildman–Crippen MR) is 133 cm³/mol. The number of nitrogens with zero attached hydrogens (tertiary/aromatic N) is 1. The smallest absolute Gasteiger partial charge is 0.227 e. The average Bonchev–Trinajstić information content (AvgIpc) is 3.13. The number of carbonyl (C=O) groups excluding carboxylic acids is 2. The number of hydrogen-bond acceptors (Lipinski definition) is 5. The van der Waals surface area contributed by atoms with Crippen LogP contribution in [0, 0.1) is 0 Å². The van der Waals surface area contributed by atoms with E-state index in [0.29, 0.717) is 39.1 Å². The van der Waals surface area contributed by atoms with Gasteiger partial charge in [0.1, 0.15) is 5.75 Å². The molecular weight excluding hydrogens is 444 g/mol. The summed E-state index contributed by atoms with van der Waals surface area (Å²) in [5.74, 6) is 0.843. The van der Waals surface area contributed by atoms with Crippen LogP contribution in [0.1, 0.15) is 48.9 Å². The Labute approximate surface area is 207 Å². The van der Waals surface area contributed by atoms with Crippen molar-refractivity contribution in [3.63, 3.8) is 0 Å². The molecule has 2 amide bonds. The van der Waals surface area contributed by atoms with Crippen LogP contribution in [0.4, 0.5) is 0 Å². The minimum absolute atomic E-state index is 0.00613. The fourth-order valence-electron chi connectivity index (χ4n) is 5.63. The monoisotopic (exact) mass is 480 g/mol. The molecule has 1 fully saturated rings. The number of benzene rings is 2. The minimum atomic E-state index is -0.267. The van der Waals surface area contributed by atoms with Crippen LogP contribution in [0.2, 0.25) is 0 Å². The Morgan fingerprint density at radius 3 is 2.46 bits per heavy atom. The lowest BCUT2D eigenvalue weighted by Crippen LogP contribution is -2.52. The first-order chi connectivity index (χ1) is 17.0. The van der Waals surface area contributed by atoms with Crippen molar-refractivity contribution in [2.24, 2.45) is 0 Å². The van der Waals surface area contributed by atoms with Crippen LogP contribution < -0.4 is 10.1 Å². The summed E-state index contributed by atoms with van der Waals surface area (Å²) < 4.78 is 17.1. The van der Waals surface area contributed by atoms with E-state index in [1.54, 1.807) is 14.2 Å². The Morgan fingerprint density at radius 2 is 1.74 bits per heavy atom. The summed E-state index contributed by atoms with van der Waals surface area (Å²) >= 11 is 0. The molecule has 0 radical (unpaired) electrons. The van der Waals surface area contributed by atoms with Crippen molar-refractivity contribution in [3.8, 4) is 5.75 Å². The van der Waals surface area contributed by atoms with Gasteiger partial charge in [-0.25, -0.2) is 0 Å². The van der Waals surface area contributed by atoms with Crippen molar-refractivity contribution in [1.82, 2.24) is 10.2 Å². The first kappa shape index (κ1) is 25.2. The maximum atomic E-state index is 13.2. The Bertz CT molecular complexity index is 1030. The number of ether oxygens (including phenoxy) is 3.